The quantitative estimate of drug-likeness (QED) is 0.333. The van der Waals surface area contributed by atoms with Gasteiger partial charge in [-0.3, -0.25) is 4.90 Å². The number of hydrogen-bond donors (Lipinski definition) is 2. The molecule has 11 heteroatoms. The third-order valence-corrected chi connectivity index (χ3v) is 10.7. The summed E-state index contributed by atoms with van der Waals surface area (Å²) in [5.74, 6) is 0.250. The number of hydrogen-bond acceptors (Lipinski definition) is 9. The Morgan fingerprint density at radius 1 is 1.12 bits per heavy atom. The second kappa shape index (κ2) is 9.51. The van der Waals surface area contributed by atoms with Gasteiger partial charge in [-0.1, -0.05) is 23.7 Å². The van der Waals surface area contributed by atoms with E-state index in [2.05, 4.69) is 15.1 Å². The molecule has 2 N–H and O–H groups in total. The number of rotatable bonds is 4. The van der Waals surface area contributed by atoms with Gasteiger partial charge in [0.15, 0.2) is 5.82 Å². The molecular formula is C32H32ClFN6O3. The summed E-state index contributed by atoms with van der Waals surface area (Å²) in [4.78, 5) is 19.2. The summed E-state index contributed by atoms with van der Waals surface area (Å²) < 4.78 is 29.7. The third-order valence-electron chi connectivity index (χ3n) is 10.4. The lowest BCUT2D eigenvalue weighted by atomic mass is 9.95. The first kappa shape index (κ1) is 26.0. The van der Waals surface area contributed by atoms with E-state index in [0.29, 0.717) is 51.8 Å². The maximum Gasteiger partial charge on any atom is 0.319 e. The van der Waals surface area contributed by atoms with E-state index in [9.17, 15) is 5.11 Å². The molecule has 3 atom stereocenters. The van der Waals surface area contributed by atoms with Crippen LogP contribution in [0.1, 0.15) is 38.5 Å². The number of pyridine rings is 1. The second-order valence-corrected chi connectivity index (χ2v) is 13.2. The highest BCUT2D eigenvalue weighted by Gasteiger charge is 2.46. The van der Waals surface area contributed by atoms with Gasteiger partial charge in [0, 0.05) is 34.6 Å². The van der Waals surface area contributed by atoms with E-state index in [1.54, 1.807) is 18.2 Å². The van der Waals surface area contributed by atoms with Gasteiger partial charge in [0.25, 0.3) is 0 Å². The molecule has 4 fully saturated rings. The molecule has 1 unspecified atom stereocenters. The first-order valence-corrected chi connectivity index (χ1v) is 15.7. The lowest BCUT2D eigenvalue weighted by molar-refractivity contribution is 0.108. The zero-order chi connectivity index (χ0) is 28.9. The first-order valence-electron chi connectivity index (χ1n) is 15.3. The van der Waals surface area contributed by atoms with Crippen molar-refractivity contribution in [3.05, 3.63) is 41.2 Å². The second-order valence-electron chi connectivity index (χ2n) is 12.7. The molecular weight excluding hydrogens is 571 g/mol. The van der Waals surface area contributed by atoms with E-state index in [1.807, 2.05) is 6.07 Å². The highest BCUT2D eigenvalue weighted by atomic mass is 35.5. The molecule has 0 radical (unpaired) electrons. The molecule has 2 aromatic heterocycles. The predicted molar refractivity (Wildman–Crippen MR) is 162 cm³/mol. The number of ether oxygens (including phenoxy) is 2. The molecule has 7 heterocycles. The number of halogens is 2. The average Bonchev–Trinajstić information content (AvgIpc) is 3.67. The predicted octanol–water partition coefficient (Wildman–Crippen LogP) is 5.05. The summed E-state index contributed by atoms with van der Waals surface area (Å²) in [6.07, 6.45) is 6.61. The van der Waals surface area contributed by atoms with Crippen LogP contribution in [-0.2, 0) is 0 Å². The van der Waals surface area contributed by atoms with Crippen molar-refractivity contribution in [3.63, 3.8) is 0 Å². The van der Waals surface area contributed by atoms with Gasteiger partial charge in [-0.15, -0.1) is 0 Å². The monoisotopic (exact) mass is 602 g/mol. The van der Waals surface area contributed by atoms with Gasteiger partial charge < -0.3 is 24.8 Å². The van der Waals surface area contributed by atoms with Crippen LogP contribution in [0.25, 0.3) is 32.9 Å². The molecule has 222 valence electrons. The molecule has 2 bridgehead atoms. The Hall–Kier alpha value is -3.47. The van der Waals surface area contributed by atoms with E-state index in [4.69, 9.17) is 36.0 Å². The number of nitrogens with zero attached hydrogens (tertiary/aromatic N) is 5. The minimum atomic E-state index is -0.624. The van der Waals surface area contributed by atoms with E-state index < -0.39 is 5.82 Å². The topological polar surface area (TPSA) is 95.9 Å². The number of benzene rings is 2. The van der Waals surface area contributed by atoms with Crippen LogP contribution in [0, 0.1) is 5.82 Å². The van der Waals surface area contributed by atoms with Crippen molar-refractivity contribution in [2.75, 3.05) is 37.7 Å². The molecule has 9 rings (SSSR count). The summed E-state index contributed by atoms with van der Waals surface area (Å²) >= 11 is 6.64. The minimum Gasteiger partial charge on any atom is -0.508 e. The molecule has 9 nitrogen and oxygen atoms in total. The van der Waals surface area contributed by atoms with Gasteiger partial charge in [0.2, 0.25) is 5.88 Å². The van der Waals surface area contributed by atoms with Crippen LogP contribution in [0.2, 0.25) is 5.02 Å². The Labute approximate surface area is 253 Å². The number of phenolic OH excluding ortho intramolecular Hbond substituents is 1. The van der Waals surface area contributed by atoms with Crippen molar-refractivity contribution < 1.29 is 19.0 Å². The van der Waals surface area contributed by atoms with Crippen LogP contribution < -0.4 is 19.7 Å². The minimum absolute atomic E-state index is 0.00340. The van der Waals surface area contributed by atoms with Gasteiger partial charge in [-0.05, 0) is 75.2 Å². The van der Waals surface area contributed by atoms with E-state index in [-0.39, 0.29) is 46.5 Å². The fraction of sp³-hybridized carbons (Fsp3) is 0.469. The van der Waals surface area contributed by atoms with Gasteiger partial charge >= 0.3 is 6.01 Å². The van der Waals surface area contributed by atoms with Crippen molar-refractivity contribution in [2.24, 2.45) is 0 Å². The molecule has 0 aliphatic carbocycles. The lowest BCUT2D eigenvalue weighted by Gasteiger charge is -2.40. The van der Waals surface area contributed by atoms with Gasteiger partial charge in [0.05, 0.1) is 11.6 Å². The maximum absolute atomic E-state index is 16.9. The molecule has 0 spiro atoms. The van der Waals surface area contributed by atoms with Crippen molar-refractivity contribution in [1.82, 2.24) is 25.2 Å². The highest BCUT2D eigenvalue weighted by Crippen LogP contribution is 2.45. The zero-order valence-corrected chi connectivity index (χ0v) is 24.4. The van der Waals surface area contributed by atoms with Crippen LogP contribution in [0.3, 0.4) is 0 Å². The third kappa shape index (κ3) is 3.92. The van der Waals surface area contributed by atoms with Gasteiger partial charge in [-0.25, -0.2) is 9.37 Å². The molecule has 0 amide bonds. The normalized spacial score (nSPS) is 25.5. The lowest BCUT2D eigenvalue weighted by Crippen LogP contribution is -2.60. The fourth-order valence-corrected chi connectivity index (χ4v) is 8.66. The molecule has 4 aromatic rings. The maximum atomic E-state index is 16.9. The number of anilines is 1. The molecule has 2 aromatic carbocycles. The van der Waals surface area contributed by atoms with Crippen molar-refractivity contribution in [2.45, 2.75) is 62.2 Å². The Bertz CT molecular complexity index is 1800. The molecule has 5 aliphatic rings. The number of nitrogens with one attached hydrogen (secondary N) is 1. The Balaban J connectivity index is 1.24. The van der Waals surface area contributed by atoms with Crippen LogP contribution in [0.5, 0.6) is 17.6 Å². The molecule has 4 saturated heterocycles. The standard InChI is InChI=1S/C32H32ClFN6O3/c33-21-5-1-4-17-12-19(41)13-20(24(17)21)27-26(34)28-25-29(38-31(37-28)43-16-32-8-2-10-39(32)11-3-9-32)40-14-18-6-7-22(35-18)23(40)15-42-30(25)36-27/h1,4-5,12-13,18,22-23,35,41H,2-3,6-11,14-16H2/t18-,22+,23?/m0/s1. The van der Waals surface area contributed by atoms with E-state index >= 15 is 4.39 Å². The van der Waals surface area contributed by atoms with E-state index in [0.717, 1.165) is 58.2 Å². The number of aromatic nitrogens is 3. The highest BCUT2D eigenvalue weighted by molar-refractivity contribution is 6.36. The smallest absolute Gasteiger partial charge is 0.319 e. The molecule has 0 saturated carbocycles. The van der Waals surface area contributed by atoms with Crippen molar-refractivity contribution in [1.29, 1.82) is 0 Å². The fourth-order valence-electron chi connectivity index (χ4n) is 8.37. The SMILES string of the molecule is Oc1cc(-c2nc3c4c(nc(OCC56CCCN5CCC6)nc4c2F)N2C[C@@H]4CC[C@@H](N4)C2CO3)c2c(Cl)cccc2c1. The van der Waals surface area contributed by atoms with Crippen LogP contribution in [0.15, 0.2) is 30.3 Å². The summed E-state index contributed by atoms with van der Waals surface area (Å²) in [7, 11) is 0. The summed E-state index contributed by atoms with van der Waals surface area (Å²) in [5.41, 5.74) is 0.484. The molecule has 5 aliphatic heterocycles. The summed E-state index contributed by atoms with van der Waals surface area (Å²) in [5, 5.41) is 16.5. The van der Waals surface area contributed by atoms with Crippen LogP contribution >= 0.6 is 11.6 Å². The first-order chi connectivity index (χ1) is 21.0. The van der Waals surface area contributed by atoms with Crippen molar-refractivity contribution >= 4 is 39.1 Å². The van der Waals surface area contributed by atoms with Crippen molar-refractivity contribution in [3.8, 4) is 28.9 Å². The molecule has 43 heavy (non-hydrogen) atoms. The number of phenols is 1. The van der Waals surface area contributed by atoms with Crippen LogP contribution in [0.4, 0.5) is 10.2 Å². The number of fused-ring (bicyclic) bond motifs is 7. The number of piperazine rings is 1. The van der Waals surface area contributed by atoms with E-state index in [1.165, 1.54) is 6.07 Å². The largest absolute Gasteiger partial charge is 0.508 e. The average molecular weight is 603 g/mol. The van der Waals surface area contributed by atoms with Gasteiger partial charge in [0.1, 0.15) is 41.4 Å². The van der Waals surface area contributed by atoms with Gasteiger partial charge in [-0.2, -0.15) is 9.97 Å². The Kier molecular flexibility index (Phi) is 5.75. The summed E-state index contributed by atoms with van der Waals surface area (Å²) in [6, 6.07) is 9.23. The number of aromatic hydroxyl groups is 1. The Morgan fingerprint density at radius 3 is 2.84 bits per heavy atom. The Morgan fingerprint density at radius 2 is 1.98 bits per heavy atom. The zero-order valence-electron chi connectivity index (χ0n) is 23.7. The van der Waals surface area contributed by atoms with Crippen LogP contribution in [-0.4, -0.2) is 81.5 Å². The summed E-state index contributed by atoms with van der Waals surface area (Å²) in [6.45, 7) is 3.77.